The van der Waals surface area contributed by atoms with Crippen LogP contribution in [0.5, 0.6) is 0 Å². The van der Waals surface area contributed by atoms with Gasteiger partial charge >= 0.3 is 0 Å². The minimum atomic E-state index is -3.90. The van der Waals surface area contributed by atoms with Gasteiger partial charge in [-0.05, 0) is 42.7 Å². The number of carbonyl (C=O) groups is 2. The van der Waals surface area contributed by atoms with E-state index in [0.717, 1.165) is 16.3 Å². The van der Waals surface area contributed by atoms with Crippen molar-refractivity contribution < 1.29 is 18.0 Å². The summed E-state index contributed by atoms with van der Waals surface area (Å²) in [5.41, 5.74) is 0.853. The normalized spacial score (nSPS) is 12.4. The van der Waals surface area contributed by atoms with Crippen LogP contribution in [0.4, 0.5) is 0 Å². The fourth-order valence-corrected chi connectivity index (χ4v) is 4.46. The summed E-state index contributed by atoms with van der Waals surface area (Å²) in [7, 11) is -2.55. The lowest BCUT2D eigenvalue weighted by Crippen LogP contribution is -2.51. The Morgan fingerprint density at radius 3 is 2.22 bits per heavy atom. The number of carbonyl (C=O) groups excluding carboxylic acids is 2. The Labute approximate surface area is 195 Å². The molecule has 0 radical (unpaired) electrons. The number of rotatable bonds is 11. The van der Waals surface area contributed by atoms with Crippen molar-refractivity contribution in [2.75, 3.05) is 20.1 Å². The van der Waals surface area contributed by atoms with Gasteiger partial charge in [0.05, 0.1) is 11.4 Å². The Bertz CT molecular complexity index is 998. The molecular weight excluding hydrogens is 450 g/mol. The molecule has 9 heteroatoms. The molecule has 1 unspecified atom stereocenters. The monoisotopic (exact) mass is 479 g/mol. The number of nitrogens with zero attached hydrogens (tertiary/aromatic N) is 2. The molecule has 1 atom stereocenters. The summed E-state index contributed by atoms with van der Waals surface area (Å²) in [6.45, 7) is 4.09. The number of halogens is 1. The van der Waals surface area contributed by atoms with Crippen LogP contribution in [-0.2, 0) is 26.2 Å². The Morgan fingerprint density at radius 1 is 1.03 bits per heavy atom. The molecule has 0 saturated heterocycles. The highest BCUT2D eigenvalue weighted by molar-refractivity contribution is 7.89. The highest BCUT2D eigenvalue weighted by Crippen LogP contribution is 2.19. The van der Waals surface area contributed by atoms with Gasteiger partial charge in [-0.2, -0.15) is 4.31 Å². The number of benzene rings is 2. The molecule has 0 heterocycles. The van der Waals surface area contributed by atoms with E-state index in [0.29, 0.717) is 18.0 Å². The van der Waals surface area contributed by atoms with Crippen molar-refractivity contribution in [2.45, 2.75) is 44.2 Å². The van der Waals surface area contributed by atoms with Crippen LogP contribution in [0.25, 0.3) is 0 Å². The van der Waals surface area contributed by atoms with Crippen LogP contribution in [0.1, 0.15) is 32.3 Å². The molecule has 7 nitrogen and oxygen atoms in total. The molecule has 0 saturated carbocycles. The molecule has 174 valence electrons. The van der Waals surface area contributed by atoms with Gasteiger partial charge in [0.2, 0.25) is 21.8 Å². The highest BCUT2D eigenvalue weighted by atomic mass is 35.5. The third-order valence-corrected chi connectivity index (χ3v) is 7.08. The zero-order chi connectivity index (χ0) is 23.7. The predicted octanol–water partition coefficient (Wildman–Crippen LogP) is 3.29. The van der Waals surface area contributed by atoms with Crippen molar-refractivity contribution in [3.63, 3.8) is 0 Å². The summed E-state index contributed by atoms with van der Waals surface area (Å²) >= 11 is 5.85. The van der Waals surface area contributed by atoms with Crippen molar-refractivity contribution >= 4 is 33.4 Å². The van der Waals surface area contributed by atoms with Crippen LogP contribution >= 0.6 is 11.6 Å². The summed E-state index contributed by atoms with van der Waals surface area (Å²) in [5.74, 6) is -0.700. The average molecular weight is 480 g/mol. The lowest BCUT2D eigenvalue weighted by Gasteiger charge is -2.32. The van der Waals surface area contributed by atoms with Gasteiger partial charge in [0.15, 0.2) is 0 Å². The van der Waals surface area contributed by atoms with E-state index in [1.165, 1.54) is 36.2 Å². The number of sulfonamides is 1. The van der Waals surface area contributed by atoms with E-state index >= 15 is 0 Å². The van der Waals surface area contributed by atoms with E-state index in [9.17, 15) is 18.0 Å². The molecule has 0 aliphatic rings. The molecule has 0 bridgehead atoms. The second-order valence-corrected chi connectivity index (χ2v) is 9.92. The van der Waals surface area contributed by atoms with Gasteiger partial charge in [-0.1, -0.05) is 55.8 Å². The fourth-order valence-electron chi connectivity index (χ4n) is 3.22. The van der Waals surface area contributed by atoms with Gasteiger partial charge in [-0.3, -0.25) is 9.59 Å². The Kier molecular flexibility index (Phi) is 9.68. The number of hydrogen-bond acceptors (Lipinski definition) is 4. The summed E-state index contributed by atoms with van der Waals surface area (Å²) < 4.78 is 26.8. The first-order valence-electron chi connectivity index (χ1n) is 10.5. The molecule has 32 heavy (non-hydrogen) atoms. The summed E-state index contributed by atoms with van der Waals surface area (Å²) in [4.78, 5) is 27.5. The first kappa shape index (κ1) is 25.8. The maximum absolute atomic E-state index is 13.3. The van der Waals surface area contributed by atoms with E-state index in [-0.39, 0.29) is 17.3 Å². The van der Waals surface area contributed by atoms with Crippen molar-refractivity contribution in [1.29, 1.82) is 0 Å². The molecule has 1 N–H and O–H groups in total. The van der Waals surface area contributed by atoms with E-state index in [4.69, 9.17) is 11.6 Å². The minimum Gasteiger partial charge on any atom is -0.354 e. The Morgan fingerprint density at radius 2 is 1.66 bits per heavy atom. The molecule has 0 spiro atoms. The van der Waals surface area contributed by atoms with Crippen molar-refractivity contribution in [3.8, 4) is 0 Å². The molecule has 0 fully saturated rings. The molecule has 2 amide bonds. The number of likely N-dealkylation sites (N-methyl/N-ethyl adjacent to an activating group) is 1. The first-order chi connectivity index (χ1) is 15.2. The van der Waals surface area contributed by atoms with Crippen LogP contribution in [0.3, 0.4) is 0 Å². The minimum absolute atomic E-state index is 0.0412. The maximum atomic E-state index is 13.3. The smallest absolute Gasteiger partial charge is 0.243 e. The predicted molar refractivity (Wildman–Crippen MR) is 126 cm³/mol. The second kappa shape index (κ2) is 12.0. The summed E-state index contributed by atoms with van der Waals surface area (Å²) in [6, 6.07) is 14.4. The SMILES string of the molecule is CCCNC(=O)C(CC)N(Cc1ccccc1)C(=O)CN(C)S(=O)(=O)c1ccc(Cl)cc1. The number of hydrogen-bond donors (Lipinski definition) is 1. The van der Waals surface area contributed by atoms with Gasteiger partial charge in [0.1, 0.15) is 6.04 Å². The van der Waals surface area contributed by atoms with Gasteiger partial charge in [0, 0.05) is 25.2 Å². The van der Waals surface area contributed by atoms with Crippen LogP contribution in [0, 0.1) is 0 Å². The van der Waals surface area contributed by atoms with Gasteiger partial charge < -0.3 is 10.2 Å². The zero-order valence-corrected chi connectivity index (χ0v) is 20.2. The van der Waals surface area contributed by atoms with Crippen molar-refractivity contribution in [2.24, 2.45) is 0 Å². The lowest BCUT2D eigenvalue weighted by molar-refractivity contribution is -0.141. The first-order valence-corrected chi connectivity index (χ1v) is 12.4. The summed E-state index contributed by atoms with van der Waals surface area (Å²) in [5, 5.41) is 3.26. The van der Waals surface area contributed by atoms with Gasteiger partial charge in [-0.15, -0.1) is 0 Å². The lowest BCUT2D eigenvalue weighted by atomic mass is 10.1. The van der Waals surface area contributed by atoms with Crippen molar-refractivity contribution in [1.82, 2.24) is 14.5 Å². The van der Waals surface area contributed by atoms with E-state index in [2.05, 4.69) is 5.32 Å². The molecule has 0 aliphatic heterocycles. The third-order valence-electron chi connectivity index (χ3n) is 5.01. The van der Waals surface area contributed by atoms with Crippen molar-refractivity contribution in [3.05, 3.63) is 65.2 Å². The number of amides is 2. The largest absolute Gasteiger partial charge is 0.354 e. The average Bonchev–Trinajstić information content (AvgIpc) is 2.78. The third kappa shape index (κ3) is 6.79. The molecule has 0 aliphatic carbocycles. The quantitative estimate of drug-likeness (QED) is 0.535. The maximum Gasteiger partial charge on any atom is 0.243 e. The molecule has 2 aromatic rings. The standard InChI is InChI=1S/C23H30ClN3O4S/c1-4-15-25-23(29)21(5-2)27(16-18-9-7-6-8-10-18)22(28)17-26(3)32(30,31)20-13-11-19(24)12-14-20/h6-14,21H,4-5,15-17H2,1-3H3,(H,25,29). The topological polar surface area (TPSA) is 86.8 Å². The number of nitrogens with one attached hydrogen (secondary N) is 1. The molecule has 0 aromatic heterocycles. The fraction of sp³-hybridized carbons (Fsp3) is 0.391. The summed E-state index contributed by atoms with van der Waals surface area (Å²) in [6.07, 6.45) is 1.18. The highest BCUT2D eigenvalue weighted by Gasteiger charge is 2.31. The second-order valence-electron chi connectivity index (χ2n) is 7.44. The van der Waals surface area contributed by atoms with Crippen LogP contribution in [0.15, 0.2) is 59.5 Å². The van der Waals surface area contributed by atoms with Gasteiger partial charge in [0.25, 0.3) is 0 Å². The Hall–Kier alpha value is -2.42. The molecule has 2 aromatic carbocycles. The molecule has 2 rings (SSSR count). The van der Waals surface area contributed by atoms with E-state index in [1.54, 1.807) is 0 Å². The Balaban J connectivity index is 2.27. The van der Waals surface area contributed by atoms with E-state index in [1.807, 2.05) is 44.2 Å². The van der Waals surface area contributed by atoms with E-state index < -0.39 is 28.5 Å². The van der Waals surface area contributed by atoms with Crippen LogP contribution in [0.2, 0.25) is 5.02 Å². The van der Waals surface area contributed by atoms with Gasteiger partial charge in [-0.25, -0.2) is 8.42 Å². The van der Waals surface area contributed by atoms with Crippen LogP contribution < -0.4 is 5.32 Å². The zero-order valence-electron chi connectivity index (χ0n) is 18.6. The molecular formula is C23H30ClN3O4S. The van der Waals surface area contributed by atoms with Crippen LogP contribution in [-0.4, -0.2) is 55.6 Å².